The van der Waals surface area contributed by atoms with Crippen LogP contribution in [0.15, 0.2) is 12.7 Å². The van der Waals surface area contributed by atoms with Gasteiger partial charge in [-0.2, -0.15) is 16.8 Å². The van der Waals surface area contributed by atoms with Gasteiger partial charge in [0.1, 0.15) is 0 Å². The third kappa shape index (κ3) is 5.68. The normalized spacial score (nSPS) is 12.1. The second-order valence-corrected chi connectivity index (χ2v) is 5.75. The number of carbonyl (C=O) groups excluding carboxylic acids is 2. The Balaban J connectivity index is 4.48. The molecule has 0 rings (SSSR count). The van der Waals surface area contributed by atoms with E-state index in [0.29, 0.717) is 0 Å². The summed E-state index contributed by atoms with van der Waals surface area (Å²) in [6, 6.07) is 0. The van der Waals surface area contributed by atoms with Crippen molar-refractivity contribution in [2.24, 2.45) is 0 Å². The quantitative estimate of drug-likeness (QED) is 0.383. The topological polar surface area (TPSA) is 132 Å². The molecule has 0 saturated heterocycles. The molecule has 0 aliphatic carbocycles. The predicted octanol–water partition coefficient (Wildman–Crippen LogP) is -0.760. The van der Waals surface area contributed by atoms with E-state index in [4.69, 9.17) is 4.55 Å². The van der Waals surface area contributed by atoms with Gasteiger partial charge >= 0.3 is 20.2 Å². The predicted molar refractivity (Wildman–Crippen MR) is 55.9 cm³/mol. The lowest BCUT2D eigenvalue weighted by Crippen LogP contribution is -2.21. The number of rotatable bonds is 6. The largest absolute Gasteiger partial charge is 0.331 e. The van der Waals surface area contributed by atoms with Gasteiger partial charge in [0.05, 0.1) is 6.61 Å². The Labute approximate surface area is 98.1 Å². The molecule has 0 atom stereocenters. The number of hydrogen-bond acceptors (Lipinski definition) is 7. The second-order valence-electron chi connectivity index (χ2n) is 2.75. The maximum absolute atomic E-state index is 11.0. The molecule has 0 aromatic carbocycles. The van der Waals surface area contributed by atoms with Crippen LogP contribution in [0.3, 0.4) is 0 Å². The van der Waals surface area contributed by atoms with Crippen LogP contribution in [0.1, 0.15) is 12.8 Å². The van der Waals surface area contributed by atoms with Crippen LogP contribution in [0.5, 0.6) is 0 Å². The third-order valence-corrected chi connectivity index (χ3v) is 3.43. The first-order valence-electron chi connectivity index (χ1n) is 4.14. The van der Waals surface area contributed by atoms with Gasteiger partial charge < -0.3 is 0 Å². The minimum atomic E-state index is -4.90. The van der Waals surface area contributed by atoms with Gasteiger partial charge in [-0.25, -0.2) is 0 Å². The molecule has 0 unspecified atom stereocenters. The Kier molecular flexibility index (Phi) is 5.61. The van der Waals surface area contributed by atoms with Crippen LogP contribution in [-0.2, 0) is 34.0 Å². The van der Waals surface area contributed by atoms with Crippen LogP contribution in [0.4, 0.5) is 0 Å². The maximum atomic E-state index is 11.0. The summed E-state index contributed by atoms with van der Waals surface area (Å²) in [5, 5.41) is -3.08. The van der Waals surface area contributed by atoms with Crippen LogP contribution in [0, 0.1) is 0 Å². The van der Waals surface area contributed by atoms with Crippen molar-refractivity contribution >= 4 is 30.5 Å². The molecule has 0 fully saturated rings. The van der Waals surface area contributed by atoms with Gasteiger partial charge in [-0.15, -0.1) is 6.58 Å². The molecule has 8 nitrogen and oxygen atoms in total. The van der Waals surface area contributed by atoms with E-state index in [-0.39, 0.29) is 0 Å². The lowest BCUT2D eigenvalue weighted by molar-refractivity contribution is -0.117. The minimum Gasteiger partial charge on any atom is -0.280 e. The molecule has 17 heavy (non-hydrogen) atoms. The average molecular weight is 286 g/mol. The molecule has 10 heteroatoms. The monoisotopic (exact) mass is 286 g/mol. The van der Waals surface area contributed by atoms with Crippen molar-refractivity contribution in [1.82, 2.24) is 0 Å². The SMILES string of the molecule is C=CCOS(=O)(=O)C(=O)CCC(=O)S(=O)(=O)O. The summed E-state index contributed by atoms with van der Waals surface area (Å²) in [6.07, 6.45) is -0.736. The summed E-state index contributed by atoms with van der Waals surface area (Å²) < 4.78 is 55.0. The minimum absolute atomic E-state index is 0.416. The summed E-state index contributed by atoms with van der Waals surface area (Å²) in [5.41, 5.74) is 0. The highest BCUT2D eigenvalue weighted by molar-refractivity contribution is 8.02. The van der Waals surface area contributed by atoms with Gasteiger partial charge in [0.25, 0.3) is 10.2 Å². The van der Waals surface area contributed by atoms with Crippen molar-refractivity contribution < 1.29 is 35.2 Å². The van der Waals surface area contributed by atoms with Crippen LogP contribution in [-0.4, -0.2) is 38.2 Å². The van der Waals surface area contributed by atoms with Gasteiger partial charge in [0.15, 0.2) is 0 Å². The standard InChI is InChI=1S/C7H10O8S2/c1-2-5-15-17(13,14)7(9)4-3-6(8)16(10,11)12/h2H,1,3-5H2,(H,10,11,12). The average Bonchev–Trinajstić information content (AvgIpc) is 2.21. The molecular weight excluding hydrogens is 276 g/mol. The summed E-state index contributed by atoms with van der Waals surface area (Å²) in [5.74, 6) is 0. The third-order valence-electron chi connectivity index (χ3n) is 1.44. The summed E-state index contributed by atoms with van der Waals surface area (Å²) in [6.45, 7) is 2.75. The van der Waals surface area contributed by atoms with Crippen molar-refractivity contribution in [3.8, 4) is 0 Å². The Hall–Kier alpha value is -1.10. The van der Waals surface area contributed by atoms with Gasteiger partial charge in [0.2, 0.25) is 0 Å². The Morgan fingerprint density at radius 3 is 2.00 bits per heavy atom. The van der Waals surface area contributed by atoms with E-state index >= 15 is 0 Å². The fraction of sp³-hybridized carbons (Fsp3) is 0.429. The highest BCUT2D eigenvalue weighted by Gasteiger charge is 2.26. The van der Waals surface area contributed by atoms with Crippen LogP contribution in [0.2, 0.25) is 0 Å². The van der Waals surface area contributed by atoms with Crippen LogP contribution < -0.4 is 0 Å². The van der Waals surface area contributed by atoms with Crippen molar-refractivity contribution in [1.29, 1.82) is 0 Å². The molecule has 0 amide bonds. The van der Waals surface area contributed by atoms with Crippen LogP contribution >= 0.6 is 0 Å². The highest BCUT2D eigenvalue weighted by atomic mass is 32.2. The van der Waals surface area contributed by atoms with Crippen molar-refractivity contribution in [3.63, 3.8) is 0 Å². The first-order valence-corrected chi connectivity index (χ1v) is 6.99. The fourth-order valence-corrected chi connectivity index (χ4v) is 1.78. The molecule has 0 spiro atoms. The first-order chi connectivity index (χ1) is 7.61. The summed E-state index contributed by atoms with van der Waals surface area (Å²) in [7, 11) is -9.41. The van der Waals surface area contributed by atoms with E-state index in [1.807, 2.05) is 0 Å². The Morgan fingerprint density at radius 2 is 1.59 bits per heavy atom. The highest BCUT2D eigenvalue weighted by Crippen LogP contribution is 2.05. The van der Waals surface area contributed by atoms with E-state index in [9.17, 15) is 26.4 Å². The first kappa shape index (κ1) is 15.9. The van der Waals surface area contributed by atoms with Gasteiger partial charge in [-0.3, -0.25) is 18.3 Å². The fourth-order valence-electron chi connectivity index (χ4n) is 0.662. The number of carbonyl (C=O) groups is 2. The van der Waals surface area contributed by atoms with Crippen molar-refractivity contribution in [2.75, 3.05) is 6.61 Å². The molecule has 0 saturated carbocycles. The molecule has 0 bridgehead atoms. The summed E-state index contributed by atoms with van der Waals surface area (Å²) in [4.78, 5) is 21.7. The van der Waals surface area contributed by atoms with Gasteiger partial charge in [-0.05, 0) is 0 Å². The molecule has 0 radical (unpaired) electrons. The molecule has 0 heterocycles. The number of hydrogen-bond donors (Lipinski definition) is 1. The zero-order valence-electron chi connectivity index (χ0n) is 8.53. The van der Waals surface area contributed by atoms with E-state index in [1.54, 1.807) is 0 Å². The van der Waals surface area contributed by atoms with Gasteiger partial charge in [-0.1, -0.05) is 6.08 Å². The second kappa shape index (κ2) is 6.00. The van der Waals surface area contributed by atoms with Crippen LogP contribution in [0.25, 0.3) is 0 Å². The molecular formula is C7H10O8S2. The van der Waals surface area contributed by atoms with E-state index in [1.165, 1.54) is 0 Å². The van der Waals surface area contributed by atoms with E-state index in [2.05, 4.69) is 10.8 Å². The van der Waals surface area contributed by atoms with Gasteiger partial charge in [0, 0.05) is 12.8 Å². The molecule has 98 valence electrons. The summed E-state index contributed by atoms with van der Waals surface area (Å²) >= 11 is 0. The molecule has 0 aliphatic rings. The Morgan fingerprint density at radius 1 is 1.12 bits per heavy atom. The molecule has 1 N–H and O–H groups in total. The molecule has 0 aliphatic heterocycles. The lowest BCUT2D eigenvalue weighted by Gasteiger charge is -2.01. The van der Waals surface area contributed by atoms with Crippen molar-refractivity contribution in [3.05, 3.63) is 12.7 Å². The van der Waals surface area contributed by atoms with E-state index in [0.717, 1.165) is 6.08 Å². The molecule has 0 aromatic rings. The zero-order valence-corrected chi connectivity index (χ0v) is 10.2. The Bertz CT molecular complexity index is 512. The molecule has 0 aromatic heterocycles. The lowest BCUT2D eigenvalue weighted by atomic mass is 10.4. The van der Waals surface area contributed by atoms with Crippen molar-refractivity contribution in [2.45, 2.75) is 12.8 Å². The zero-order chi connectivity index (χ0) is 13.7. The van der Waals surface area contributed by atoms with E-state index < -0.39 is 49.9 Å². The smallest absolute Gasteiger partial charge is 0.280 e. The maximum Gasteiger partial charge on any atom is 0.331 e.